The number of carbonyl (C=O) groups excluding carboxylic acids is 2. The lowest BCUT2D eigenvalue weighted by Crippen LogP contribution is -2.53. The molecule has 0 aromatic heterocycles. The van der Waals surface area contributed by atoms with Gasteiger partial charge in [0, 0.05) is 24.1 Å². The number of hydrogen-bond acceptors (Lipinski definition) is 3. The van der Waals surface area contributed by atoms with Crippen molar-refractivity contribution >= 4 is 11.8 Å². The summed E-state index contributed by atoms with van der Waals surface area (Å²) in [6, 6.07) is 7.52. The molecule has 5 nitrogen and oxygen atoms in total. The molecular weight excluding hydrogens is 350 g/mol. The van der Waals surface area contributed by atoms with Crippen LogP contribution in [0.15, 0.2) is 24.3 Å². The van der Waals surface area contributed by atoms with Gasteiger partial charge in [-0.05, 0) is 86.4 Å². The molecule has 1 aromatic rings. The molecule has 4 bridgehead atoms. The van der Waals surface area contributed by atoms with E-state index in [1.54, 1.807) is 0 Å². The van der Waals surface area contributed by atoms with Gasteiger partial charge in [-0.15, -0.1) is 0 Å². The fourth-order valence-electron chi connectivity index (χ4n) is 5.98. The van der Waals surface area contributed by atoms with Crippen LogP contribution in [-0.4, -0.2) is 24.9 Å². The second kappa shape index (κ2) is 7.86. The maximum absolute atomic E-state index is 13.0. The van der Waals surface area contributed by atoms with Crippen LogP contribution < -0.4 is 16.4 Å². The third-order valence-electron chi connectivity index (χ3n) is 7.20. The minimum Gasteiger partial charge on any atom is -0.352 e. The third-order valence-corrected chi connectivity index (χ3v) is 7.20. The first kappa shape index (κ1) is 19.4. The molecule has 1 aromatic carbocycles. The minimum atomic E-state index is -0.103. The third kappa shape index (κ3) is 3.95. The highest BCUT2D eigenvalue weighted by molar-refractivity contribution is 5.94. The number of nitrogens with two attached hydrogens (primary N) is 1. The second-order valence-corrected chi connectivity index (χ2v) is 9.63. The van der Waals surface area contributed by atoms with Crippen LogP contribution in [-0.2, 0) is 11.3 Å². The van der Waals surface area contributed by atoms with Crippen molar-refractivity contribution in [3.8, 4) is 0 Å². The summed E-state index contributed by atoms with van der Waals surface area (Å²) in [5, 5.41) is 6.10. The first-order chi connectivity index (χ1) is 13.5. The van der Waals surface area contributed by atoms with Crippen molar-refractivity contribution in [3.05, 3.63) is 35.4 Å². The zero-order chi connectivity index (χ0) is 19.7. The lowest BCUT2D eigenvalue weighted by atomic mass is 9.49. The lowest BCUT2D eigenvalue weighted by molar-refractivity contribution is -0.146. The van der Waals surface area contributed by atoms with Crippen molar-refractivity contribution in [2.75, 3.05) is 13.1 Å². The van der Waals surface area contributed by atoms with Gasteiger partial charge in [0.1, 0.15) is 0 Å². The summed E-state index contributed by atoms with van der Waals surface area (Å²) < 4.78 is 0. The van der Waals surface area contributed by atoms with E-state index in [1.807, 2.05) is 31.2 Å². The number of hydrogen-bond donors (Lipinski definition) is 3. The standard InChI is InChI=1S/C23H33N3O2/c1-15(12-24)13-25-21(27)20-4-2-16(3-5-20)14-26-22(28)23-9-17-6-18(10-23)8-19(7-17)11-23/h2-5,15,17-19H,6-14,24H2,1H3,(H,25,27)(H,26,28). The Morgan fingerprint density at radius 1 is 1.04 bits per heavy atom. The van der Waals surface area contributed by atoms with E-state index < -0.39 is 0 Å². The molecule has 2 amide bonds. The molecule has 1 unspecified atom stereocenters. The molecule has 5 rings (SSSR count). The van der Waals surface area contributed by atoms with E-state index in [-0.39, 0.29) is 23.1 Å². The van der Waals surface area contributed by atoms with Crippen LogP contribution in [0.3, 0.4) is 0 Å². The van der Waals surface area contributed by atoms with Crippen molar-refractivity contribution in [2.24, 2.45) is 34.8 Å². The van der Waals surface area contributed by atoms with Gasteiger partial charge in [-0.2, -0.15) is 0 Å². The van der Waals surface area contributed by atoms with Crippen LogP contribution >= 0.6 is 0 Å². The van der Waals surface area contributed by atoms with E-state index >= 15 is 0 Å². The lowest BCUT2D eigenvalue weighted by Gasteiger charge is -2.55. The molecule has 5 heteroatoms. The molecule has 0 aliphatic heterocycles. The average molecular weight is 384 g/mol. The van der Waals surface area contributed by atoms with E-state index in [2.05, 4.69) is 10.6 Å². The van der Waals surface area contributed by atoms with Gasteiger partial charge in [-0.1, -0.05) is 19.1 Å². The summed E-state index contributed by atoms with van der Waals surface area (Å²) in [6.45, 7) is 3.68. The van der Waals surface area contributed by atoms with Crippen molar-refractivity contribution in [2.45, 2.75) is 52.0 Å². The van der Waals surface area contributed by atoms with E-state index in [4.69, 9.17) is 5.73 Å². The van der Waals surface area contributed by atoms with E-state index in [9.17, 15) is 9.59 Å². The van der Waals surface area contributed by atoms with Gasteiger partial charge < -0.3 is 16.4 Å². The average Bonchev–Trinajstić information content (AvgIpc) is 2.69. The molecule has 0 saturated heterocycles. The van der Waals surface area contributed by atoms with Crippen molar-refractivity contribution in [3.63, 3.8) is 0 Å². The number of rotatable bonds is 7. The van der Waals surface area contributed by atoms with Crippen LogP contribution in [0.25, 0.3) is 0 Å². The number of amides is 2. The SMILES string of the molecule is CC(CN)CNC(=O)c1ccc(CNC(=O)C23CC4CC(CC(C4)C2)C3)cc1. The van der Waals surface area contributed by atoms with Gasteiger partial charge in [-0.3, -0.25) is 9.59 Å². The fraction of sp³-hybridized carbons (Fsp3) is 0.652. The molecule has 0 spiro atoms. The molecule has 1 atom stereocenters. The Hall–Kier alpha value is -1.88. The van der Waals surface area contributed by atoms with Crippen LogP contribution in [0, 0.1) is 29.1 Å². The van der Waals surface area contributed by atoms with Crippen LogP contribution in [0.2, 0.25) is 0 Å². The molecule has 0 heterocycles. The highest BCUT2D eigenvalue weighted by Gasteiger charge is 2.54. The summed E-state index contributed by atoms with van der Waals surface area (Å²) in [6.07, 6.45) is 7.31. The minimum absolute atomic E-state index is 0.0792. The van der Waals surface area contributed by atoms with Crippen LogP contribution in [0.4, 0.5) is 0 Å². The topological polar surface area (TPSA) is 84.2 Å². The summed E-state index contributed by atoms with van der Waals surface area (Å²) in [5.41, 5.74) is 7.15. The highest BCUT2D eigenvalue weighted by atomic mass is 16.2. The molecule has 4 aliphatic carbocycles. The van der Waals surface area contributed by atoms with Gasteiger partial charge in [0.2, 0.25) is 5.91 Å². The number of carbonyl (C=O) groups is 2. The molecule has 4 N–H and O–H groups in total. The van der Waals surface area contributed by atoms with Crippen LogP contribution in [0.1, 0.15) is 61.4 Å². The summed E-state index contributed by atoms with van der Waals surface area (Å²) >= 11 is 0. The quantitative estimate of drug-likeness (QED) is 0.677. The van der Waals surface area contributed by atoms with Gasteiger partial charge in [0.15, 0.2) is 0 Å². The molecule has 4 saturated carbocycles. The van der Waals surface area contributed by atoms with Gasteiger partial charge in [0.05, 0.1) is 0 Å². The first-order valence-electron chi connectivity index (χ1n) is 10.8. The Labute approximate surface area is 167 Å². The van der Waals surface area contributed by atoms with Crippen LogP contribution in [0.5, 0.6) is 0 Å². The van der Waals surface area contributed by atoms with Gasteiger partial charge in [0.25, 0.3) is 5.91 Å². The summed E-state index contributed by atoms with van der Waals surface area (Å²) in [7, 11) is 0. The van der Waals surface area contributed by atoms with E-state index in [1.165, 1.54) is 19.3 Å². The Morgan fingerprint density at radius 2 is 1.61 bits per heavy atom. The Morgan fingerprint density at radius 3 is 2.14 bits per heavy atom. The molecule has 4 aliphatic rings. The molecule has 4 fully saturated rings. The second-order valence-electron chi connectivity index (χ2n) is 9.63. The Balaban J connectivity index is 1.30. The predicted molar refractivity (Wildman–Crippen MR) is 109 cm³/mol. The van der Waals surface area contributed by atoms with Crippen molar-refractivity contribution in [1.82, 2.24) is 10.6 Å². The zero-order valence-electron chi connectivity index (χ0n) is 16.9. The fourth-order valence-corrected chi connectivity index (χ4v) is 5.98. The molecule has 28 heavy (non-hydrogen) atoms. The smallest absolute Gasteiger partial charge is 0.251 e. The number of benzene rings is 1. The van der Waals surface area contributed by atoms with Gasteiger partial charge in [-0.25, -0.2) is 0 Å². The first-order valence-corrected chi connectivity index (χ1v) is 10.8. The molecule has 152 valence electrons. The highest BCUT2D eigenvalue weighted by Crippen LogP contribution is 2.60. The Kier molecular flexibility index (Phi) is 5.46. The van der Waals surface area contributed by atoms with Gasteiger partial charge >= 0.3 is 0 Å². The monoisotopic (exact) mass is 383 g/mol. The Bertz CT molecular complexity index is 693. The maximum Gasteiger partial charge on any atom is 0.251 e. The predicted octanol–water partition coefficient (Wildman–Crippen LogP) is 2.84. The van der Waals surface area contributed by atoms with Crippen molar-refractivity contribution in [1.29, 1.82) is 0 Å². The molecule has 0 radical (unpaired) electrons. The zero-order valence-corrected chi connectivity index (χ0v) is 16.9. The molecular formula is C23H33N3O2. The normalized spacial score (nSPS) is 31.4. The summed E-state index contributed by atoms with van der Waals surface area (Å²) in [5.74, 6) is 2.77. The summed E-state index contributed by atoms with van der Waals surface area (Å²) in [4.78, 5) is 25.2. The van der Waals surface area contributed by atoms with E-state index in [0.29, 0.717) is 25.2 Å². The maximum atomic E-state index is 13.0. The van der Waals surface area contributed by atoms with E-state index in [0.717, 1.165) is 42.6 Å². The van der Waals surface area contributed by atoms with Crippen molar-refractivity contribution < 1.29 is 9.59 Å². The largest absolute Gasteiger partial charge is 0.352 e. The number of nitrogens with one attached hydrogen (secondary N) is 2.